The number of aliphatic hydroxyl groups excluding tert-OH is 2. The first-order chi connectivity index (χ1) is 19.4. The first kappa shape index (κ1) is 27.1. The number of aromatic hydroxyl groups is 1. The number of Topliss-reactive ketones (excluding diaryl/α,β-unsaturated/α-hetero) is 2. The van der Waals surface area contributed by atoms with Gasteiger partial charge in [-0.25, -0.2) is 0 Å². The number of hydrogen-bond donors (Lipinski definition) is 5. The van der Waals surface area contributed by atoms with E-state index in [9.17, 15) is 34.8 Å². The quantitative estimate of drug-likeness (QED) is 0.340. The first-order valence-electron chi connectivity index (χ1n) is 13.8. The number of benzene rings is 1. The molecule has 11 nitrogen and oxygen atoms in total. The van der Waals surface area contributed by atoms with E-state index in [1.807, 2.05) is 25.1 Å². The number of phenolic OH excluding ortho intramolecular Hbond substituents is 1. The number of anilines is 1. The van der Waals surface area contributed by atoms with Gasteiger partial charge >= 0.3 is 0 Å². The van der Waals surface area contributed by atoms with Crippen molar-refractivity contribution in [3.63, 3.8) is 0 Å². The maximum atomic E-state index is 14.1. The summed E-state index contributed by atoms with van der Waals surface area (Å²) in [5.41, 5.74) is 3.20. The van der Waals surface area contributed by atoms with Crippen molar-refractivity contribution >= 4 is 23.2 Å². The lowest BCUT2D eigenvalue weighted by Crippen LogP contribution is -2.57. The molecule has 2 aromatic rings. The molecule has 6 rings (SSSR count). The van der Waals surface area contributed by atoms with E-state index in [1.165, 1.54) is 0 Å². The molecule has 0 radical (unpaired) electrons. The zero-order chi connectivity index (χ0) is 29.4. The minimum atomic E-state index is -2.60. The van der Waals surface area contributed by atoms with Gasteiger partial charge in [-0.3, -0.25) is 19.3 Å². The number of primary amides is 1. The van der Waals surface area contributed by atoms with Gasteiger partial charge in [0.15, 0.2) is 11.4 Å². The van der Waals surface area contributed by atoms with Crippen molar-refractivity contribution in [1.29, 1.82) is 0 Å². The predicted octanol–water partition coefficient (Wildman–Crippen LogP) is 2.50. The maximum absolute atomic E-state index is 14.1. The van der Waals surface area contributed by atoms with Gasteiger partial charge in [-0.1, -0.05) is 0 Å². The van der Waals surface area contributed by atoms with E-state index in [0.29, 0.717) is 29.1 Å². The predicted molar refractivity (Wildman–Crippen MR) is 147 cm³/mol. The molecule has 1 aromatic carbocycles. The first-order valence-corrected chi connectivity index (χ1v) is 13.8. The fourth-order valence-corrected chi connectivity index (χ4v) is 7.02. The van der Waals surface area contributed by atoms with Crippen molar-refractivity contribution in [2.75, 3.05) is 32.1 Å². The Morgan fingerprint density at radius 2 is 1.85 bits per heavy atom. The van der Waals surface area contributed by atoms with Gasteiger partial charge in [-0.2, -0.15) is 0 Å². The molecule has 0 unspecified atom stereocenters. The minimum absolute atomic E-state index is 0.0414. The lowest BCUT2D eigenvalue weighted by molar-refractivity contribution is -0.144. The van der Waals surface area contributed by atoms with Crippen LogP contribution in [0, 0.1) is 11.8 Å². The summed E-state index contributed by atoms with van der Waals surface area (Å²) in [6, 6.07) is 5.36. The van der Waals surface area contributed by atoms with Crippen molar-refractivity contribution in [2.45, 2.75) is 44.2 Å². The number of hydrogen-bond acceptors (Lipinski definition) is 10. The standard InChI is InChI=1S/C30H33N3O8/c1-32(2)19-12-18(21-6-5-16(41-21)13-33-7-3-4-8-33)25(35)23-17(19)10-14-9-15-11-20(34)24(29(31)39)28(38)30(15,40)27(37)22(14)26(23)36/h5-6,12,14-15,34-35,37,40H,3-4,7-11,13H2,1-2H3,(H2,31,39)/t14-,15+,30+/m1/s1. The number of aliphatic hydroxyl groups is 3. The van der Waals surface area contributed by atoms with Crippen molar-refractivity contribution in [3.8, 4) is 17.1 Å². The molecule has 0 bridgehead atoms. The summed E-state index contributed by atoms with van der Waals surface area (Å²) in [7, 11) is 3.64. The molecule has 1 aromatic heterocycles. The molecule has 0 spiro atoms. The lowest BCUT2D eigenvalue weighted by Gasteiger charge is -2.45. The lowest BCUT2D eigenvalue weighted by atomic mass is 9.60. The number of rotatable bonds is 5. The van der Waals surface area contributed by atoms with Crippen molar-refractivity contribution < 1.29 is 39.2 Å². The molecule has 216 valence electrons. The Morgan fingerprint density at radius 3 is 2.51 bits per heavy atom. The Hall–Kier alpha value is -4.09. The second-order valence-electron chi connectivity index (χ2n) is 11.7. The molecule has 41 heavy (non-hydrogen) atoms. The number of carbonyl (C=O) groups is 3. The molecule has 3 atom stereocenters. The van der Waals surface area contributed by atoms with Gasteiger partial charge < -0.3 is 35.5 Å². The van der Waals surface area contributed by atoms with Gasteiger partial charge in [0.1, 0.15) is 34.4 Å². The topological polar surface area (TPSA) is 178 Å². The Bertz CT molecular complexity index is 1560. The van der Waals surface area contributed by atoms with E-state index in [-0.39, 0.29) is 36.1 Å². The van der Waals surface area contributed by atoms with Crippen LogP contribution in [0.2, 0.25) is 0 Å². The fourth-order valence-electron chi connectivity index (χ4n) is 7.02. The van der Waals surface area contributed by atoms with Gasteiger partial charge in [0.05, 0.1) is 17.7 Å². The smallest absolute Gasteiger partial charge is 0.255 e. The van der Waals surface area contributed by atoms with Gasteiger partial charge in [0.2, 0.25) is 5.78 Å². The summed E-state index contributed by atoms with van der Waals surface area (Å²) in [5.74, 6) is -5.40. The number of allylic oxidation sites excluding steroid dienone is 2. The van der Waals surface area contributed by atoms with Crippen LogP contribution in [0.15, 0.2) is 45.3 Å². The summed E-state index contributed by atoms with van der Waals surface area (Å²) < 4.78 is 6.10. The molecule has 11 heteroatoms. The van der Waals surface area contributed by atoms with Crippen molar-refractivity contribution in [3.05, 3.63) is 57.8 Å². The molecule has 1 fully saturated rings. The monoisotopic (exact) mass is 563 g/mol. The van der Waals surface area contributed by atoms with Crippen LogP contribution in [-0.2, 0) is 22.6 Å². The highest BCUT2D eigenvalue weighted by molar-refractivity contribution is 6.24. The van der Waals surface area contributed by atoms with Crippen LogP contribution in [0.4, 0.5) is 5.69 Å². The molecule has 1 aliphatic heterocycles. The SMILES string of the molecule is CN(C)c1cc(-c2ccc(CN3CCCC3)o2)c(O)c2c1C[C@H]1C[C@H]3CC(O)=C(C(N)=O)C(=O)[C@@]3(O)C(O)=C1C2=O. The number of nitrogens with zero attached hydrogens (tertiary/aromatic N) is 2. The van der Waals surface area contributed by atoms with Gasteiger partial charge in [0.25, 0.3) is 5.91 Å². The van der Waals surface area contributed by atoms with Crippen LogP contribution in [0.25, 0.3) is 11.3 Å². The molecular weight excluding hydrogens is 530 g/mol. The third-order valence-corrected chi connectivity index (χ3v) is 9.03. The Labute approximate surface area is 236 Å². The zero-order valence-electron chi connectivity index (χ0n) is 22.9. The third-order valence-electron chi connectivity index (χ3n) is 9.03. The van der Waals surface area contributed by atoms with Crippen molar-refractivity contribution in [1.82, 2.24) is 4.90 Å². The van der Waals surface area contributed by atoms with E-state index in [1.54, 1.807) is 12.1 Å². The number of amides is 1. The van der Waals surface area contributed by atoms with E-state index in [4.69, 9.17) is 10.2 Å². The Kier molecular flexibility index (Phi) is 6.27. The maximum Gasteiger partial charge on any atom is 0.255 e. The van der Waals surface area contributed by atoms with E-state index in [0.717, 1.165) is 31.7 Å². The van der Waals surface area contributed by atoms with Crippen LogP contribution in [0.3, 0.4) is 0 Å². The number of phenols is 1. The van der Waals surface area contributed by atoms with E-state index in [2.05, 4.69) is 4.90 Å². The average molecular weight is 564 g/mol. The largest absolute Gasteiger partial charge is 0.511 e. The van der Waals surface area contributed by atoms with Crippen molar-refractivity contribution in [2.24, 2.45) is 17.6 Å². The second kappa shape index (κ2) is 9.49. The minimum Gasteiger partial charge on any atom is -0.511 e. The molecule has 4 aliphatic rings. The molecular formula is C30H33N3O8. The number of ketones is 2. The van der Waals surface area contributed by atoms with E-state index >= 15 is 0 Å². The highest BCUT2D eigenvalue weighted by Crippen LogP contribution is 2.53. The fraction of sp³-hybridized carbons (Fsp3) is 0.433. The number of furan rings is 1. The van der Waals surface area contributed by atoms with Gasteiger partial charge in [-0.05, 0) is 68.5 Å². The highest BCUT2D eigenvalue weighted by Gasteiger charge is 2.59. The van der Waals surface area contributed by atoms with Crippen LogP contribution in [0.5, 0.6) is 5.75 Å². The third kappa shape index (κ3) is 3.98. The highest BCUT2D eigenvalue weighted by atomic mass is 16.4. The molecule has 1 saturated heterocycles. The number of fused-ring (bicyclic) bond motifs is 3. The zero-order valence-corrected chi connectivity index (χ0v) is 22.9. The number of carbonyl (C=O) groups excluding carboxylic acids is 3. The number of likely N-dealkylation sites (tertiary alicyclic amines) is 1. The van der Waals surface area contributed by atoms with E-state index < -0.39 is 52.0 Å². The molecule has 3 aliphatic carbocycles. The second-order valence-corrected chi connectivity index (χ2v) is 11.7. The summed E-state index contributed by atoms with van der Waals surface area (Å²) in [6.07, 6.45) is 2.32. The molecule has 1 amide bonds. The van der Waals surface area contributed by atoms with Crippen LogP contribution >= 0.6 is 0 Å². The average Bonchev–Trinajstić information content (AvgIpc) is 3.58. The molecule has 0 saturated carbocycles. The molecule has 2 heterocycles. The Morgan fingerprint density at radius 1 is 1.15 bits per heavy atom. The molecule has 6 N–H and O–H groups in total. The van der Waals surface area contributed by atoms with Crippen LogP contribution < -0.4 is 10.6 Å². The normalized spacial score (nSPS) is 26.2. The number of nitrogens with two attached hydrogens (primary N) is 1. The van der Waals surface area contributed by atoms with Crippen LogP contribution in [-0.4, -0.2) is 75.6 Å². The van der Waals surface area contributed by atoms with Gasteiger partial charge in [-0.15, -0.1) is 0 Å². The van der Waals surface area contributed by atoms with Gasteiger partial charge in [0, 0.05) is 37.7 Å². The van der Waals surface area contributed by atoms with Crippen LogP contribution in [0.1, 0.15) is 47.4 Å². The summed E-state index contributed by atoms with van der Waals surface area (Å²) in [4.78, 5) is 43.3. The Balaban J connectivity index is 1.46. The summed E-state index contributed by atoms with van der Waals surface area (Å²) >= 11 is 0. The summed E-state index contributed by atoms with van der Waals surface area (Å²) in [5, 5.41) is 44.7. The summed E-state index contributed by atoms with van der Waals surface area (Å²) in [6.45, 7) is 2.62.